The molecule has 0 aliphatic carbocycles. The van der Waals surface area contributed by atoms with Crippen molar-refractivity contribution in [2.75, 3.05) is 0 Å². The average molecular weight is 306 g/mol. The Labute approximate surface area is 124 Å². The van der Waals surface area contributed by atoms with Gasteiger partial charge < -0.3 is 4.98 Å². The Bertz CT molecular complexity index is 841. The summed E-state index contributed by atoms with van der Waals surface area (Å²) in [5.41, 5.74) is 1.21. The van der Waals surface area contributed by atoms with E-state index in [1.807, 2.05) is 0 Å². The lowest BCUT2D eigenvalue weighted by Crippen LogP contribution is -2.05. The molecule has 2 nitrogen and oxygen atoms in total. The molecule has 0 aliphatic rings. The smallest absolute Gasteiger partial charge is 0.169 e. The van der Waals surface area contributed by atoms with Gasteiger partial charge in [0, 0.05) is 34.1 Å². The minimum absolute atomic E-state index is 0.0447. The van der Waals surface area contributed by atoms with E-state index in [0.717, 1.165) is 11.6 Å². The van der Waals surface area contributed by atoms with Gasteiger partial charge >= 0.3 is 0 Å². The Morgan fingerprint density at radius 3 is 2.81 bits per heavy atom. The van der Waals surface area contributed by atoms with E-state index in [1.54, 1.807) is 24.4 Å². The Morgan fingerprint density at radius 2 is 2.00 bits per heavy atom. The number of fused-ring (bicyclic) bond motifs is 1. The standard InChI is InChI=1S/C16H10ClF2NO/c17-10-4-5-11-12(8-20-14(11)7-10)15(21)6-9-2-1-3-13(18)16(9)19/h1-5,7-8,20H,6H2. The predicted octanol–water partition coefficient (Wildman–Crippen LogP) is 4.52. The number of halogens is 3. The Morgan fingerprint density at radius 1 is 1.19 bits per heavy atom. The second kappa shape index (κ2) is 5.30. The molecule has 1 N–H and O–H groups in total. The molecule has 0 spiro atoms. The highest BCUT2D eigenvalue weighted by molar-refractivity contribution is 6.31. The second-order valence-corrected chi connectivity index (χ2v) is 5.14. The molecule has 0 bridgehead atoms. The summed E-state index contributed by atoms with van der Waals surface area (Å²) in [6.45, 7) is 0. The van der Waals surface area contributed by atoms with E-state index < -0.39 is 11.6 Å². The maximum Gasteiger partial charge on any atom is 0.169 e. The van der Waals surface area contributed by atoms with Crippen LogP contribution in [0, 0.1) is 11.6 Å². The van der Waals surface area contributed by atoms with Gasteiger partial charge in [-0.05, 0) is 23.8 Å². The van der Waals surface area contributed by atoms with E-state index in [-0.39, 0.29) is 17.8 Å². The van der Waals surface area contributed by atoms with Crippen molar-refractivity contribution in [2.45, 2.75) is 6.42 Å². The maximum atomic E-state index is 13.6. The van der Waals surface area contributed by atoms with Crippen LogP contribution in [0.4, 0.5) is 8.78 Å². The lowest BCUT2D eigenvalue weighted by molar-refractivity contribution is 0.0993. The lowest BCUT2D eigenvalue weighted by atomic mass is 10.0. The van der Waals surface area contributed by atoms with Crippen molar-refractivity contribution in [2.24, 2.45) is 0 Å². The number of ketones is 1. The van der Waals surface area contributed by atoms with Gasteiger partial charge in [0.05, 0.1) is 0 Å². The zero-order chi connectivity index (χ0) is 15.0. The third-order valence-corrected chi connectivity index (χ3v) is 3.56. The van der Waals surface area contributed by atoms with Crippen LogP contribution in [-0.4, -0.2) is 10.8 Å². The molecule has 106 valence electrons. The molecule has 5 heteroatoms. The highest BCUT2D eigenvalue weighted by Gasteiger charge is 2.16. The van der Waals surface area contributed by atoms with E-state index in [1.165, 1.54) is 12.1 Å². The van der Waals surface area contributed by atoms with E-state index in [0.29, 0.717) is 16.0 Å². The van der Waals surface area contributed by atoms with Gasteiger partial charge in [-0.3, -0.25) is 4.79 Å². The number of benzene rings is 2. The molecule has 0 aliphatic heterocycles. The quantitative estimate of drug-likeness (QED) is 0.709. The van der Waals surface area contributed by atoms with Gasteiger partial charge in [0.1, 0.15) is 0 Å². The van der Waals surface area contributed by atoms with Crippen LogP contribution >= 0.6 is 11.6 Å². The summed E-state index contributed by atoms with van der Waals surface area (Å²) in [4.78, 5) is 15.2. The number of hydrogen-bond donors (Lipinski definition) is 1. The molecule has 0 atom stereocenters. The van der Waals surface area contributed by atoms with E-state index in [2.05, 4.69) is 4.98 Å². The molecule has 2 aromatic carbocycles. The summed E-state index contributed by atoms with van der Waals surface area (Å²) >= 11 is 5.88. The fraction of sp³-hybridized carbons (Fsp3) is 0.0625. The average Bonchev–Trinajstić information content (AvgIpc) is 2.86. The zero-order valence-corrected chi connectivity index (χ0v) is 11.5. The van der Waals surface area contributed by atoms with Gasteiger partial charge in [-0.2, -0.15) is 0 Å². The molecule has 0 fully saturated rings. The van der Waals surface area contributed by atoms with Crippen LogP contribution < -0.4 is 0 Å². The molecule has 0 saturated heterocycles. The van der Waals surface area contributed by atoms with Crippen LogP contribution in [0.2, 0.25) is 5.02 Å². The number of nitrogens with one attached hydrogen (secondary N) is 1. The molecular formula is C16H10ClF2NO. The zero-order valence-electron chi connectivity index (χ0n) is 10.8. The molecule has 0 amide bonds. The minimum Gasteiger partial charge on any atom is -0.360 e. The molecule has 0 unspecified atom stereocenters. The first-order chi connectivity index (χ1) is 10.1. The second-order valence-electron chi connectivity index (χ2n) is 4.71. The topological polar surface area (TPSA) is 32.9 Å². The van der Waals surface area contributed by atoms with Crippen LogP contribution in [0.5, 0.6) is 0 Å². The van der Waals surface area contributed by atoms with Crippen molar-refractivity contribution in [1.29, 1.82) is 0 Å². The van der Waals surface area contributed by atoms with Crippen LogP contribution in [0.1, 0.15) is 15.9 Å². The minimum atomic E-state index is -0.978. The molecule has 1 aromatic heterocycles. The lowest BCUT2D eigenvalue weighted by Gasteiger charge is -2.03. The third kappa shape index (κ3) is 2.54. The van der Waals surface area contributed by atoms with Crippen molar-refractivity contribution in [3.63, 3.8) is 0 Å². The van der Waals surface area contributed by atoms with Crippen LogP contribution in [0.3, 0.4) is 0 Å². The number of Topliss-reactive ketones (excluding diaryl/α,β-unsaturated/α-hetero) is 1. The van der Waals surface area contributed by atoms with Crippen LogP contribution in [-0.2, 0) is 6.42 Å². The number of hydrogen-bond acceptors (Lipinski definition) is 1. The summed E-state index contributed by atoms with van der Waals surface area (Å²) < 4.78 is 26.8. The Balaban J connectivity index is 1.96. The predicted molar refractivity (Wildman–Crippen MR) is 77.7 cm³/mol. The molecule has 0 radical (unpaired) electrons. The fourth-order valence-corrected chi connectivity index (χ4v) is 2.45. The summed E-state index contributed by atoms with van der Waals surface area (Å²) in [5, 5.41) is 1.26. The molecule has 1 heterocycles. The first-order valence-electron chi connectivity index (χ1n) is 6.29. The van der Waals surface area contributed by atoms with Gasteiger partial charge in [0.25, 0.3) is 0 Å². The Kier molecular flexibility index (Phi) is 3.47. The highest BCUT2D eigenvalue weighted by atomic mass is 35.5. The summed E-state index contributed by atoms with van der Waals surface area (Å²) in [6, 6.07) is 8.92. The van der Waals surface area contributed by atoms with Gasteiger partial charge in [-0.15, -0.1) is 0 Å². The molecular weight excluding hydrogens is 296 g/mol. The number of rotatable bonds is 3. The third-order valence-electron chi connectivity index (χ3n) is 3.33. The van der Waals surface area contributed by atoms with E-state index in [4.69, 9.17) is 11.6 Å². The van der Waals surface area contributed by atoms with Gasteiger partial charge in [-0.25, -0.2) is 8.78 Å². The summed E-state index contributed by atoms with van der Waals surface area (Å²) in [5.74, 6) is -2.21. The van der Waals surface area contributed by atoms with Crippen LogP contribution in [0.15, 0.2) is 42.6 Å². The normalized spacial score (nSPS) is 11.0. The van der Waals surface area contributed by atoms with Crippen molar-refractivity contribution < 1.29 is 13.6 Å². The van der Waals surface area contributed by atoms with Crippen molar-refractivity contribution in [1.82, 2.24) is 4.98 Å². The first kappa shape index (κ1) is 13.8. The summed E-state index contributed by atoms with van der Waals surface area (Å²) in [7, 11) is 0. The highest BCUT2D eigenvalue weighted by Crippen LogP contribution is 2.24. The number of carbonyl (C=O) groups is 1. The van der Waals surface area contributed by atoms with Gasteiger partial charge in [0.2, 0.25) is 0 Å². The number of aromatic amines is 1. The summed E-state index contributed by atoms with van der Waals surface area (Å²) in [6.07, 6.45) is 1.36. The van der Waals surface area contributed by atoms with E-state index >= 15 is 0 Å². The number of aromatic nitrogens is 1. The van der Waals surface area contributed by atoms with Gasteiger partial charge in [0.15, 0.2) is 17.4 Å². The number of carbonyl (C=O) groups excluding carboxylic acids is 1. The monoisotopic (exact) mass is 305 g/mol. The van der Waals surface area contributed by atoms with E-state index in [9.17, 15) is 13.6 Å². The van der Waals surface area contributed by atoms with Crippen molar-refractivity contribution in [3.8, 4) is 0 Å². The fourth-order valence-electron chi connectivity index (χ4n) is 2.28. The molecule has 3 rings (SSSR count). The SMILES string of the molecule is O=C(Cc1cccc(F)c1F)c1c[nH]c2cc(Cl)ccc12. The number of H-pyrrole nitrogens is 1. The maximum absolute atomic E-state index is 13.6. The largest absolute Gasteiger partial charge is 0.360 e. The first-order valence-corrected chi connectivity index (χ1v) is 6.67. The van der Waals surface area contributed by atoms with Crippen molar-refractivity contribution >= 4 is 28.3 Å². The molecule has 21 heavy (non-hydrogen) atoms. The Hall–Kier alpha value is -2.20. The van der Waals surface area contributed by atoms with Crippen LogP contribution in [0.25, 0.3) is 10.9 Å². The van der Waals surface area contributed by atoms with Crippen molar-refractivity contribution in [3.05, 3.63) is 70.4 Å². The molecule has 0 saturated carbocycles. The van der Waals surface area contributed by atoms with Gasteiger partial charge in [-0.1, -0.05) is 29.8 Å². The molecule has 3 aromatic rings.